The van der Waals surface area contributed by atoms with Gasteiger partial charge in [-0.05, 0) is 36.5 Å². The van der Waals surface area contributed by atoms with Crippen molar-refractivity contribution in [2.45, 2.75) is 17.7 Å². The van der Waals surface area contributed by atoms with Gasteiger partial charge in [0.25, 0.3) is 0 Å². The summed E-state index contributed by atoms with van der Waals surface area (Å²) in [6.45, 7) is 1.67. The van der Waals surface area contributed by atoms with Crippen LogP contribution >= 0.6 is 39.1 Å². The normalized spacial score (nSPS) is 25.7. The van der Waals surface area contributed by atoms with Gasteiger partial charge in [0.15, 0.2) is 0 Å². The van der Waals surface area contributed by atoms with Crippen LogP contribution in [0.4, 0.5) is 0 Å². The molecule has 1 aliphatic heterocycles. The fourth-order valence-corrected chi connectivity index (χ4v) is 2.77. The van der Waals surface area contributed by atoms with Crippen molar-refractivity contribution in [1.29, 1.82) is 0 Å². The minimum absolute atomic E-state index is 0.519. The lowest BCUT2D eigenvalue weighted by atomic mass is 9.94. The molecule has 1 heterocycles. The van der Waals surface area contributed by atoms with Crippen LogP contribution in [0.1, 0.15) is 12.0 Å². The molecule has 0 spiro atoms. The Hall–Kier alpha value is 0.240. The van der Waals surface area contributed by atoms with Crippen LogP contribution in [0, 0.1) is 5.92 Å². The van der Waals surface area contributed by atoms with Crippen molar-refractivity contribution >= 4 is 39.1 Å². The lowest BCUT2D eigenvalue weighted by molar-refractivity contribution is 0.0605. The third kappa shape index (κ3) is 3.13. The molecule has 0 amide bonds. The first-order valence-electron chi connectivity index (χ1n) is 5.32. The molecule has 0 aromatic heterocycles. The molecule has 1 fully saturated rings. The molecule has 1 aromatic carbocycles. The molecule has 0 N–H and O–H groups in total. The summed E-state index contributed by atoms with van der Waals surface area (Å²) in [5.74, 6) is 0.519. The molecule has 0 saturated carbocycles. The molecule has 4 heteroatoms. The van der Waals surface area contributed by atoms with Gasteiger partial charge in [-0.1, -0.05) is 45.2 Å². The Morgan fingerprint density at radius 1 is 1.31 bits per heavy atom. The van der Waals surface area contributed by atoms with Crippen LogP contribution in [0.25, 0.3) is 0 Å². The van der Waals surface area contributed by atoms with Gasteiger partial charge >= 0.3 is 0 Å². The third-order valence-corrected chi connectivity index (χ3v) is 4.81. The highest BCUT2D eigenvalue weighted by atomic mass is 79.9. The van der Waals surface area contributed by atoms with Gasteiger partial charge in [0.1, 0.15) is 0 Å². The van der Waals surface area contributed by atoms with E-state index >= 15 is 0 Å². The van der Waals surface area contributed by atoms with E-state index in [1.54, 1.807) is 0 Å². The predicted molar refractivity (Wildman–Crippen MR) is 71.8 cm³/mol. The van der Waals surface area contributed by atoms with Gasteiger partial charge in [-0.3, -0.25) is 0 Å². The number of ether oxygens (including phenoxy) is 1. The van der Waals surface area contributed by atoms with E-state index in [4.69, 9.17) is 27.9 Å². The topological polar surface area (TPSA) is 9.23 Å². The van der Waals surface area contributed by atoms with E-state index in [-0.39, 0.29) is 0 Å². The van der Waals surface area contributed by atoms with Gasteiger partial charge in [0.2, 0.25) is 0 Å². The quantitative estimate of drug-likeness (QED) is 0.736. The fraction of sp³-hybridized carbons (Fsp3) is 0.500. The Bertz CT molecular complexity index is 370. The molecule has 88 valence electrons. The van der Waals surface area contributed by atoms with Crippen LogP contribution in [-0.2, 0) is 11.2 Å². The molecule has 0 bridgehead atoms. The number of hydrogen-bond donors (Lipinski definition) is 0. The monoisotopic (exact) mass is 322 g/mol. The molecule has 1 nitrogen and oxygen atoms in total. The molecular formula is C12H13BrCl2O. The van der Waals surface area contributed by atoms with Crippen molar-refractivity contribution in [3.8, 4) is 0 Å². The van der Waals surface area contributed by atoms with E-state index in [0.717, 1.165) is 26.1 Å². The van der Waals surface area contributed by atoms with Crippen molar-refractivity contribution in [3.05, 3.63) is 33.8 Å². The minimum Gasteiger partial charge on any atom is -0.381 e. The number of hydrogen-bond acceptors (Lipinski definition) is 1. The highest BCUT2D eigenvalue weighted by Crippen LogP contribution is 2.28. The first kappa shape index (κ1) is 12.7. The lowest BCUT2D eigenvalue weighted by Gasteiger charge is -2.27. The fourth-order valence-electron chi connectivity index (χ4n) is 1.93. The largest absolute Gasteiger partial charge is 0.381 e. The average Bonchev–Trinajstić information content (AvgIpc) is 2.27. The van der Waals surface area contributed by atoms with Crippen LogP contribution in [0.2, 0.25) is 10.0 Å². The zero-order valence-corrected chi connectivity index (χ0v) is 11.9. The van der Waals surface area contributed by atoms with Crippen LogP contribution in [0.5, 0.6) is 0 Å². The highest BCUT2D eigenvalue weighted by Gasteiger charge is 2.23. The summed E-state index contributed by atoms with van der Waals surface area (Å²) >= 11 is 15.6. The second-order valence-electron chi connectivity index (χ2n) is 4.09. The predicted octanol–water partition coefficient (Wildman–Crippen LogP) is 4.34. The van der Waals surface area contributed by atoms with E-state index in [9.17, 15) is 0 Å². The van der Waals surface area contributed by atoms with Crippen LogP contribution in [-0.4, -0.2) is 18.0 Å². The standard InChI is InChI=1S/C12H13BrCl2O/c13-10-3-4-16-7-9(10)5-8-1-2-11(14)12(15)6-8/h1-2,6,9-10H,3-5,7H2. The van der Waals surface area contributed by atoms with E-state index in [0.29, 0.717) is 20.8 Å². The third-order valence-electron chi connectivity index (χ3n) is 2.86. The SMILES string of the molecule is Clc1ccc(CC2COCCC2Br)cc1Cl. The van der Waals surface area contributed by atoms with Crippen LogP contribution < -0.4 is 0 Å². The molecular weight excluding hydrogens is 311 g/mol. The highest BCUT2D eigenvalue weighted by molar-refractivity contribution is 9.09. The van der Waals surface area contributed by atoms with E-state index in [2.05, 4.69) is 15.9 Å². The molecule has 0 radical (unpaired) electrons. The maximum absolute atomic E-state index is 5.99. The van der Waals surface area contributed by atoms with Crippen molar-refractivity contribution in [1.82, 2.24) is 0 Å². The van der Waals surface area contributed by atoms with Gasteiger partial charge in [-0.2, -0.15) is 0 Å². The van der Waals surface area contributed by atoms with E-state index in [1.165, 1.54) is 5.56 Å². The maximum atomic E-state index is 5.99. The summed E-state index contributed by atoms with van der Waals surface area (Å²) in [4.78, 5) is 0.538. The number of rotatable bonds is 2. The zero-order chi connectivity index (χ0) is 11.5. The molecule has 1 aliphatic rings. The molecule has 1 saturated heterocycles. The van der Waals surface area contributed by atoms with Gasteiger partial charge < -0.3 is 4.74 Å². The molecule has 1 aromatic rings. The van der Waals surface area contributed by atoms with Gasteiger partial charge in [-0.15, -0.1) is 0 Å². The van der Waals surface area contributed by atoms with Crippen molar-refractivity contribution in [2.24, 2.45) is 5.92 Å². The summed E-state index contributed by atoms with van der Waals surface area (Å²) in [5, 5.41) is 1.24. The summed E-state index contributed by atoms with van der Waals surface area (Å²) < 4.78 is 5.49. The Kier molecular flexibility index (Phi) is 4.54. The van der Waals surface area contributed by atoms with Gasteiger partial charge in [-0.25, -0.2) is 0 Å². The van der Waals surface area contributed by atoms with Gasteiger partial charge in [0, 0.05) is 11.4 Å². The number of alkyl halides is 1. The number of halogens is 3. The first-order valence-corrected chi connectivity index (χ1v) is 6.99. The van der Waals surface area contributed by atoms with Crippen molar-refractivity contribution < 1.29 is 4.74 Å². The van der Waals surface area contributed by atoms with Crippen molar-refractivity contribution in [2.75, 3.05) is 13.2 Å². The zero-order valence-electron chi connectivity index (χ0n) is 8.76. The van der Waals surface area contributed by atoms with Gasteiger partial charge in [0.05, 0.1) is 16.7 Å². The van der Waals surface area contributed by atoms with Crippen LogP contribution in [0.15, 0.2) is 18.2 Å². The summed E-state index contributed by atoms with van der Waals surface area (Å²) in [7, 11) is 0. The Labute approximate surface area is 114 Å². The van der Waals surface area contributed by atoms with Crippen molar-refractivity contribution in [3.63, 3.8) is 0 Å². The second kappa shape index (κ2) is 5.72. The van der Waals surface area contributed by atoms with E-state index in [1.807, 2.05) is 18.2 Å². The van der Waals surface area contributed by atoms with E-state index < -0.39 is 0 Å². The molecule has 2 rings (SSSR count). The maximum Gasteiger partial charge on any atom is 0.0595 e. The molecule has 2 atom stereocenters. The number of benzene rings is 1. The molecule has 16 heavy (non-hydrogen) atoms. The Morgan fingerprint density at radius 3 is 2.81 bits per heavy atom. The minimum atomic E-state index is 0.519. The van der Waals surface area contributed by atoms with Crippen LogP contribution in [0.3, 0.4) is 0 Å². The Morgan fingerprint density at radius 2 is 2.12 bits per heavy atom. The smallest absolute Gasteiger partial charge is 0.0595 e. The summed E-state index contributed by atoms with van der Waals surface area (Å²) in [6.07, 6.45) is 2.05. The summed E-state index contributed by atoms with van der Waals surface area (Å²) in [5.41, 5.74) is 1.22. The lowest BCUT2D eigenvalue weighted by Crippen LogP contribution is -2.29. The second-order valence-corrected chi connectivity index (χ2v) is 6.08. The first-order chi connectivity index (χ1) is 7.66. The molecule has 2 unspecified atom stereocenters. The molecule has 0 aliphatic carbocycles. The Balaban J connectivity index is 2.05. The summed E-state index contributed by atoms with van der Waals surface area (Å²) in [6, 6.07) is 5.83. The average molecular weight is 324 g/mol.